The van der Waals surface area contributed by atoms with Gasteiger partial charge in [0, 0.05) is 37.4 Å². The number of aromatic nitrogens is 4. The predicted octanol–water partition coefficient (Wildman–Crippen LogP) is 2.44. The summed E-state index contributed by atoms with van der Waals surface area (Å²) in [6.45, 7) is 7.19. The van der Waals surface area contributed by atoms with Crippen molar-refractivity contribution in [2.45, 2.75) is 20.4 Å². The first-order valence-electron chi connectivity index (χ1n) is 9.64. The number of piperazine rings is 1. The number of amides is 1. The summed E-state index contributed by atoms with van der Waals surface area (Å²) >= 11 is 0. The molecule has 0 aliphatic carbocycles. The van der Waals surface area contributed by atoms with Crippen molar-refractivity contribution < 1.29 is 9.18 Å². The van der Waals surface area contributed by atoms with E-state index in [0.717, 1.165) is 13.1 Å². The minimum Gasteiger partial charge on any atom is -0.368 e. The van der Waals surface area contributed by atoms with Crippen molar-refractivity contribution in [3.8, 4) is 11.4 Å². The van der Waals surface area contributed by atoms with Crippen molar-refractivity contribution in [1.82, 2.24) is 25.1 Å². The van der Waals surface area contributed by atoms with Crippen LogP contribution in [0.4, 0.5) is 10.1 Å². The van der Waals surface area contributed by atoms with Crippen LogP contribution in [0.2, 0.25) is 0 Å². The molecular formula is C21H23FN6O. The molecule has 8 heteroatoms. The van der Waals surface area contributed by atoms with Crippen LogP contribution in [0.3, 0.4) is 0 Å². The molecule has 150 valence electrons. The molecule has 0 unspecified atom stereocenters. The van der Waals surface area contributed by atoms with Crippen LogP contribution in [-0.2, 0) is 11.3 Å². The number of tetrazole rings is 1. The molecule has 29 heavy (non-hydrogen) atoms. The molecule has 1 amide bonds. The van der Waals surface area contributed by atoms with Crippen LogP contribution in [0.5, 0.6) is 0 Å². The number of benzene rings is 2. The van der Waals surface area contributed by atoms with Crippen molar-refractivity contribution >= 4 is 11.6 Å². The van der Waals surface area contributed by atoms with Gasteiger partial charge in [-0.1, -0.05) is 12.1 Å². The lowest BCUT2D eigenvalue weighted by atomic mass is 10.1. The quantitative estimate of drug-likeness (QED) is 0.680. The van der Waals surface area contributed by atoms with E-state index in [4.69, 9.17) is 0 Å². The first-order valence-corrected chi connectivity index (χ1v) is 9.64. The van der Waals surface area contributed by atoms with Gasteiger partial charge in [0.25, 0.3) is 0 Å². The second kappa shape index (κ2) is 7.98. The monoisotopic (exact) mass is 394 g/mol. The van der Waals surface area contributed by atoms with E-state index in [2.05, 4.69) is 52.4 Å². The maximum Gasteiger partial charge on any atom is 0.246 e. The molecule has 2 heterocycles. The second-order valence-corrected chi connectivity index (χ2v) is 7.24. The van der Waals surface area contributed by atoms with Gasteiger partial charge in [0.2, 0.25) is 11.7 Å². The number of anilines is 1. The number of halogens is 1. The lowest BCUT2D eigenvalue weighted by Crippen LogP contribution is -2.50. The average Bonchev–Trinajstić information content (AvgIpc) is 3.19. The van der Waals surface area contributed by atoms with Crippen LogP contribution in [-0.4, -0.2) is 57.2 Å². The molecular weight excluding hydrogens is 371 g/mol. The van der Waals surface area contributed by atoms with Crippen LogP contribution in [0, 0.1) is 19.7 Å². The van der Waals surface area contributed by atoms with Crippen LogP contribution >= 0.6 is 0 Å². The maximum absolute atomic E-state index is 13.0. The molecule has 0 atom stereocenters. The molecule has 0 saturated carbocycles. The third-order valence-electron chi connectivity index (χ3n) is 5.38. The smallest absolute Gasteiger partial charge is 0.246 e. The Bertz CT molecular complexity index is 1010. The second-order valence-electron chi connectivity index (χ2n) is 7.24. The number of aryl methyl sites for hydroxylation is 1. The minimum atomic E-state index is -0.323. The molecule has 4 rings (SSSR count). The molecule has 0 N–H and O–H groups in total. The van der Waals surface area contributed by atoms with Crippen LogP contribution in [0.15, 0.2) is 42.5 Å². The van der Waals surface area contributed by atoms with Crippen LogP contribution in [0.1, 0.15) is 11.1 Å². The summed E-state index contributed by atoms with van der Waals surface area (Å²) in [6, 6.07) is 12.2. The van der Waals surface area contributed by atoms with Gasteiger partial charge >= 0.3 is 0 Å². The normalized spacial score (nSPS) is 14.3. The van der Waals surface area contributed by atoms with Crippen LogP contribution < -0.4 is 4.90 Å². The Labute approximate surface area is 168 Å². The van der Waals surface area contributed by atoms with Gasteiger partial charge in [-0.15, -0.1) is 10.2 Å². The summed E-state index contributed by atoms with van der Waals surface area (Å²) in [6.07, 6.45) is 0. The molecule has 7 nitrogen and oxygen atoms in total. The van der Waals surface area contributed by atoms with Gasteiger partial charge in [-0.25, -0.2) is 4.39 Å². The molecule has 1 saturated heterocycles. The summed E-state index contributed by atoms with van der Waals surface area (Å²) in [7, 11) is 0. The summed E-state index contributed by atoms with van der Waals surface area (Å²) in [5.74, 6) is 0.0162. The summed E-state index contributed by atoms with van der Waals surface area (Å²) in [5, 5.41) is 12.2. The zero-order valence-electron chi connectivity index (χ0n) is 16.5. The zero-order valence-corrected chi connectivity index (χ0v) is 16.5. The number of carbonyl (C=O) groups is 1. The Morgan fingerprint density at radius 3 is 2.48 bits per heavy atom. The third-order valence-corrected chi connectivity index (χ3v) is 5.38. The van der Waals surface area contributed by atoms with Gasteiger partial charge in [0.15, 0.2) is 0 Å². The van der Waals surface area contributed by atoms with E-state index >= 15 is 0 Å². The third kappa shape index (κ3) is 4.11. The molecule has 1 aliphatic heterocycles. The molecule has 1 fully saturated rings. The number of rotatable bonds is 4. The SMILES string of the molecule is Cc1cccc(N2CCN(C(=O)Cn3nnc(-c4ccc(F)cc4)n3)CC2)c1C. The van der Waals surface area contributed by atoms with E-state index in [-0.39, 0.29) is 18.3 Å². The minimum absolute atomic E-state index is 0.0336. The Hall–Kier alpha value is -3.29. The van der Waals surface area contributed by atoms with E-state index in [0.29, 0.717) is 24.5 Å². The summed E-state index contributed by atoms with van der Waals surface area (Å²) in [4.78, 5) is 18.1. The van der Waals surface area contributed by atoms with Crippen molar-refractivity contribution in [3.05, 3.63) is 59.4 Å². The van der Waals surface area contributed by atoms with E-state index < -0.39 is 0 Å². The number of hydrogen-bond donors (Lipinski definition) is 0. The van der Waals surface area contributed by atoms with Crippen molar-refractivity contribution in [1.29, 1.82) is 0 Å². The van der Waals surface area contributed by atoms with Gasteiger partial charge in [0.1, 0.15) is 12.4 Å². The Morgan fingerprint density at radius 2 is 1.76 bits per heavy atom. The van der Waals surface area contributed by atoms with Crippen molar-refractivity contribution in [3.63, 3.8) is 0 Å². The Kier molecular flexibility index (Phi) is 5.24. The fourth-order valence-corrected chi connectivity index (χ4v) is 3.52. The van der Waals surface area contributed by atoms with Crippen molar-refractivity contribution in [2.24, 2.45) is 0 Å². The topological polar surface area (TPSA) is 67.2 Å². The largest absolute Gasteiger partial charge is 0.368 e. The van der Waals surface area contributed by atoms with Gasteiger partial charge in [-0.3, -0.25) is 4.79 Å². The lowest BCUT2D eigenvalue weighted by Gasteiger charge is -2.37. The molecule has 0 radical (unpaired) electrons. The molecule has 0 bridgehead atoms. The highest BCUT2D eigenvalue weighted by Gasteiger charge is 2.23. The maximum atomic E-state index is 13.0. The number of nitrogens with zero attached hydrogens (tertiary/aromatic N) is 6. The number of carbonyl (C=O) groups excluding carboxylic acids is 1. The van der Waals surface area contributed by atoms with E-state index in [1.54, 1.807) is 12.1 Å². The van der Waals surface area contributed by atoms with Gasteiger partial charge in [-0.2, -0.15) is 4.80 Å². The Balaban J connectivity index is 1.36. The molecule has 1 aliphatic rings. The van der Waals surface area contributed by atoms with E-state index in [9.17, 15) is 9.18 Å². The highest BCUT2D eigenvalue weighted by molar-refractivity contribution is 5.76. The molecule has 3 aromatic rings. The molecule has 0 spiro atoms. The summed E-state index contributed by atoms with van der Waals surface area (Å²) in [5.41, 5.74) is 4.45. The fraction of sp³-hybridized carbons (Fsp3) is 0.333. The standard InChI is InChI=1S/C21H23FN6O/c1-15-4-3-5-19(16(15)2)26-10-12-27(13-11-26)20(29)14-28-24-21(23-25-28)17-6-8-18(22)9-7-17/h3-9H,10-14H2,1-2H3. The van der Waals surface area contributed by atoms with E-state index in [1.165, 1.54) is 33.7 Å². The Morgan fingerprint density at radius 1 is 1.03 bits per heavy atom. The van der Waals surface area contributed by atoms with E-state index in [1.807, 2.05) is 4.90 Å². The number of hydrogen-bond acceptors (Lipinski definition) is 5. The van der Waals surface area contributed by atoms with Gasteiger partial charge < -0.3 is 9.80 Å². The van der Waals surface area contributed by atoms with Crippen LogP contribution in [0.25, 0.3) is 11.4 Å². The molecule has 1 aromatic heterocycles. The van der Waals surface area contributed by atoms with Gasteiger partial charge in [-0.05, 0) is 60.5 Å². The first kappa shape index (κ1) is 19.0. The highest BCUT2D eigenvalue weighted by Crippen LogP contribution is 2.24. The summed E-state index contributed by atoms with van der Waals surface area (Å²) < 4.78 is 13.0. The first-order chi connectivity index (χ1) is 14.0. The predicted molar refractivity (Wildman–Crippen MR) is 108 cm³/mol. The highest BCUT2D eigenvalue weighted by atomic mass is 19.1. The molecule has 2 aromatic carbocycles. The fourth-order valence-electron chi connectivity index (χ4n) is 3.52. The average molecular weight is 394 g/mol. The van der Waals surface area contributed by atoms with Gasteiger partial charge in [0.05, 0.1) is 0 Å². The lowest BCUT2D eigenvalue weighted by molar-refractivity contribution is -0.132. The van der Waals surface area contributed by atoms with Crippen molar-refractivity contribution in [2.75, 3.05) is 31.1 Å². The zero-order chi connectivity index (χ0) is 20.4.